The highest BCUT2D eigenvalue weighted by Gasteiger charge is 2.24. The first-order chi connectivity index (χ1) is 10.3. The van der Waals surface area contributed by atoms with Crippen molar-refractivity contribution >= 4 is 21.6 Å². The Kier molecular flexibility index (Phi) is 3.08. The van der Waals surface area contributed by atoms with Gasteiger partial charge in [0.15, 0.2) is 5.82 Å². The van der Waals surface area contributed by atoms with E-state index in [1.807, 2.05) is 24.3 Å². The van der Waals surface area contributed by atoms with Crippen LogP contribution in [0.1, 0.15) is 30.7 Å². The molecule has 21 heavy (non-hydrogen) atoms. The number of rotatable bonds is 3. The molecule has 108 valence electrons. The molecule has 0 spiro atoms. The molecule has 6 nitrogen and oxygen atoms in total. The van der Waals surface area contributed by atoms with Gasteiger partial charge in [0.25, 0.3) is 11.4 Å². The first kappa shape index (κ1) is 12.7. The van der Waals surface area contributed by atoms with Crippen molar-refractivity contribution < 1.29 is 9.26 Å². The van der Waals surface area contributed by atoms with Crippen molar-refractivity contribution in [2.75, 3.05) is 6.61 Å². The van der Waals surface area contributed by atoms with Crippen molar-refractivity contribution in [2.24, 2.45) is 0 Å². The topological polar surface area (TPSA) is 70.2 Å². The summed E-state index contributed by atoms with van der Waals surface area (Å²) in [5.41, 5.74) is -0.0148. The third-order valence-corrected chi connectivity index (χ3v) is 4.59. The predicted octanol–water partition coefficient (Wildman–Crippen LogP) is 2.35. The second-order valence-electron chi connectivity index (χ2n) is 4.98. The van der Waals surface area contributed by atoms with E-state index in [0.717, 1.165) is 29.5 Å². The molecule has 1 saturated heterocycles. The molecule has 0 amide bonds. The fourth-order valence-corrected chi connectivity index (χ4v) is 3.48. The van der Waals surface area contributed by atoms with Gasteiger partial charge in [0.05, 0.1) is 10.1 Å². The maximum absolute atomic E-state index is 12.3. The molecule has 1 aliphatic heterocycles. The van der Waals surface area contributed by atoms with Crippen LogP contribution in [0.25, 0.3) is 10.1 Å². The van der Waals surface area contributed by atoms with E-state index in [2.05, 4.69) is 10.1 Å². The summed E-state index contributed by atoms with van der Waals surface area (Å²) in [4.78, 5) is 16.6. The third-order valence-electron chi connectivity index (χ3n) is 3.53. The van der Waals surface area contributed by atoms with Crippen molar-refractivity contribution in [1.82, 2.24) is 14.1 Å². The van der Waals surface area contributed by atoms with Crippen molar-refractivity contribution in [3.8, 4) is 0 Å². The summed E-state index contributed by atoms with van der Waals surface area (Å²) in [5.74, 6) is 1.02. The molecule has 1 aliphatic rings. The lowest BCUT2D eigenvalue weighted by molar-refractivity contribution is 0.0835. The lowest BCUT2D eigenvalue weighted by Crippen LogP contribution is -2.14. The van der Waals surface area contributed by atoms with Crippen LogP contribution in [0.2, 0.25) is 0 Å². The van der Waals surface area contributed by atoms with Crippen LogP contribution in [-0.4, -0.2) is 20.7 Å². The summed E-state index contributed by atoms with van der Waals surface area (Å²) < 4.78 is 13.4. The molecular formula is C14H13N3O3S. The number of hydrogen-bond acceptors (Lipinski definition) is 6. The Morgan fingerprint density at radius 3 is 3.10 bits per heavy atom. The number of hydrogen-bond donors (Lipinski definition) is 0. The van der Waals surface area contributed by atoms with Crippen LogP contribution in [0.5, 0.6) is 0 Å². The highest BCUT2D eigenvalue weighted by Crippen LogP contribution is 2.27. The molecule has 1 aromatic carbocycles. The first-order valence-electron chi connectivity index (χ1n) is 6.84. The molecule has 0 saturated carbocycles. The van der Waals surface area contributed by atoms with E-state index in [0.29, 0.717) is 18.3 Å². The maximum atomic E-state index is 12.3. The minimum Gasteiger partial charge on any atom is -0.368 e. The Labute approximate surface area is 124 Å². The molecule has 1 fully saturated rings. The molecule has 3 aromatic rings. The van der Waals surface area contributed by atoms with E-state index < -0.39 is 0 Å². The van der Waals surface area contributed by atoms with Crippen LogP contribution >= 0.6 is 11.5 Å². The number of fused-ring (bicyclic) bond motifs is 1. The monoisotopic (exact) mass is 303 g/mol. The van der Waals surface area contributed by atoms with E-state index in [1.165, 1.54) is 11.5 Å². The van der Waals surface area contributed by atoms with E-state index in [9.17, 15) is 4.79 Å². The highest BCUT2D eigenvalue weighted by molar-refractivity contribution is 7.13. The van der Waals surface area contributed by atoms with Gasteiger partial charge >= 0.3 is 0 Å². The summed E-state index contributed by atoms with van der Waals surface area (Å²) in [6, 6.07) is 7.56. The van der Waals surface area contributed by atoms with E-state index in [4.69, 9.17) is 9.26 Å². The quantitative estimate of drug-likeness (QED) is 0.743. The summed E-state index contributed by atoms with van der Waals surface area (Å²) >= 11 is 1.41. The zero-order chi connectivity index (χ0) is 14.2. The molecule has 2 aromatic heterocycles. The minimum absolute atomic E-state index is 0.0148. The summed E-state index contributed by atoms with van der Waals surface area (Å²) in [6.45, 7) is 1.06. The van der Waals surface area contributed by atoms with Crippen molar-refractivity contribution in [3.05, 3.63) is 46.3 Å². The lowest BCUT2D eigenvalue weighted by Gasteiger charge is -2.00. The van der Waals surface area contributed by atoms with Gasteiger partial charge in [-0.2, -0.15) is 4.98 Å². The van der Waals surface area contributed by atoms with Crippen LogP contribution in [0.15, 0.2) is 33.6 Å². The second kappa shape index (κ2) is 5.09. The van der Waals surface area contributed by atoms with E-state index in [-0.39, 0.29) is 11.7 Å². The molecule has 0 radical (unpaired) electrons. The molecule has 0 N–H and O–H groups in total. The number of ether oxygens (including phenoxy) is 1. The first-order valence-corrected chi connectivity index (χ1v) is 7.61. The molecule has 1 atom stereocenters. The van der Waals surface area contributed by atoms with Crippen LogP contribution in [-0.2, 0) is 11.3 Å². The van der Waals surface area contributed by atoms with Gasteiger partial charge in [-0.1, -0.05) is 28.8 Å². The summed E-state index contributed by atoms with van der Waals surface area (Å²) in [5, 5.41) is 4.68. The standard InChI is InChI=1S/C14H13N3O3S/c18-14-9-4-1-2-6-11(9)21-17(14)8-12-15-13(20-16-12)10-5-3-7-19-10/h1-2,4,6,10H,3,5,7-8H2/t10-/m0/s1. The summed E-state index contributed by atoms with van der Waals surface area (Å²) in [7, 11) is 0. The fraction of sp³-hybridized carbons (Fsp3) is 0.357. The Hall–Kier alpha value is -1.99. The van der Waals surface area contributed by atoms with E-state index >= 15 is 0 Å². The average molecular weight is 303 g/mol. The Morgan fingerprint density at radius 2 is 2.29 bits per heavy atom. The maximum Gasteiger partial charge on any atom is 0.268 e. The van der Waals surface area contributed by atoms with Crippen LogP contribution in [0.4, 0.5) is 0 Å². The van der Waals surface area contributed by atoms with Crippen molar-refractivity contribution in [1.29, 1.82) is 0 Å². The fourth-order valence-electron chi connectivity index (χ4n) is 2.48. The Morgan fingerprint density at radius 1 is 1.38 bits per heavy atom. The van der Waals surface area contributed by atoms with Gasteiger partial charge in [-0.3, -0.25) is 8.75 Å². The van der Waals surface area contributed by atoms with Gasteiger partial charge in [0.2, 0.25) is 0 Å². The lowest BCUT2D eigenvalue weighted by atomic mass is 10.2. The largest absolute Gasteiger partial charge is 0.368 e. The van der Waals surface area contributed by atoms with Crippen molar-refractivity contribution in [3.63, 3.8) is 0 Å². The normalized spacial score (nSPS) is 18.6. The molecule has 4 rings (SSSR count). The SMILES string of the molecule is O=c1c2ccccc2sn1Cc1noc([C@@H]2CCCO2)n1. The molecule has 0 bridgehead atoms. The number of aromatic nitrogens is 3. The Balaban J connectivity index is 1.62. The Bertz CT molecular complexity index is 829. The van der Waals surface area contributed by atoms with Gasteiger partial charge in [-0.25, -0.2) is 0 Å². The van der Waals surface area contributed by atoms with Crippen LogP contribution in [0.3, 0.4) is 0 Å². The summed E-state index contributed by atoms with van der Waals surface area (Å²) in [6.07, 6.45) is 1.83. The van der Waals surface area contributed by atoms with E-state index in [1.54, 1.807) is 3.96 Å². The van der Waals surface area contributed by atoms with Gasteiger partial charge < -0.3 is 9.26 Å². The van der Waals surface area contributed by atoms with Crippen LogP contribution in [0, 0.1) is 0 Å². The highest BCUT2D eigenvalue weighted by atomic mass is 32.1. The van der Waals surface area contributed by atoms with Gasteiger partial charge in [-0.05, 0) is 25.0 Å². The molecule has 0 aliphatic carbocycles. The molecule has 7 heteroatoms. The van der Waals surface area contributed by atoms with Gasteiger partial charge in [0, 0.05) is 6.61 Å². The average Bonchev–Trinajstić information content (AvgIpc) is 3.21. The molecule has 3 heterocycles. The smallest absolute Gasteiger partial charge is 0.268 e. The molecule has 0 unspecified atom stereocenters. The number of nitrogens with zero attached hydrogens (tertiary/aromatic N) is 3. The minimum atomic E-state index is -0.0922. The zero-order valence-electron chi connectivity index (χ0n) is 11.2. The van der Waals surface area contributed by atoms with Gasteiger partial charge in [-0.15, -0.1) is 0 Å². The predicted molar refractivity (Wildman–Crippen MR) is 77.4 cm³/mol. The molecular weight excluding hydrogens is 290 g/mol. The van der Waals surface area contributed by atoms with Crippen LogP contribution < -0.4 is 5.56 Å². The van der Waals surface area contributed by atoms with Gasteiger partial charge in [0.1, 0.15) is 12.6 Å². The third kappa shape index (κ3) is 2.28. The van der Waals surface area contributed by atoms with Crippen molar-refractivity contribution in [2.45, 2.75) is 25.5 Å². The second-order valence-corrected chi connectivity index (χ2v) is 6.04. The number of benzene rings is 1. The zero-order valence-corrected chi connectivity index (χ0v) is 12.0.